The Morgan fingerprint density at radius 1 is 0.897 bits per heavy atom. The Labute approximate surface area is 205 Å². The molecule has 29 heavy (non-hydrogen) atoms. The van der Waals surface area contributed by atoms with Crippen molar-refractivity contribution in [2.75, 3.05) is 19.6 Å². The normalized spacial score (nSPS) is 12.2. The van der Waals surface area contributed by atoms with Gasteiger partial charge in [0.25, 0.3) is 0 Å². The van der Waals surface area contributed by atoms with Crippen LogP contribution in [0.3, 0.4) is 0 Å². The fraction of sp³-hybridized carbons (Fsp3) is 0.680. The molecule has 4 heteroatoms. The number of nitrogens with zero attached hydrogens (tertiary/aromatic N) is 1. The van der Waals surface area contributed by atoms with E-state index < -0.39 is 0 Å². The van der Waals surface area contributed by atoms with Crippen molar-refractivity contribution in [1.29, 1.82) is 0 Å². The van der Waals surface area contributed by atoms with E-state index in [0.717, 1.165) is 22.5 Å². The molecule has 0 heterocycles. The molecule has 1 unspecified atom stereocenters. The van der Waals surface area contributed by atoms with Crippen LogP contribution in [-0.2, 0) is 6.42 Å². The molecule has 1 rings (SSSR count). The molecule has 0 amide bonds. The van der Waals surface area contributed by atoms with Crippen molar-refractivity contribution in [2.24, 2.45) is 0 Å². The summed E-state index contributed by atoms with van der Waals surface area (Å²) in [6, 6.07) is 8.35. The first kappa shape index (κ1) is 29.1. The molecule has 0 saturated heterocycles. The molecule has 0 radical (unpaired) electrons. The van der Waals surface area contributed by atoms with Crippen LogP contribution >= 0.6 is 34.2 Å². The average Bonchev–Trinajstić information content (AvgIpc) is 2.69. The Morgan fingerprint density at radius 2 is 1.38 bits per heavy atom. The molecule has 0 aliphatic carbocycles. The predicted molar refractivity (Wildman–Crippen MR) is 134 cm³/mol. The predicted octanol–water partition coefficient (Wildman–Crippen LogP) is 5.04. The highest BCUT2D eigenvalue weighted by Gasteiger charge is 2.33. The number of hydrogen-bond donors (Lipinski definition) is 0. The molecule has 1 aromatic carbocycles. The second-order valence-electron chi connectivity index (χ2n) is 8.12. The van der Waals surface area contributed by atoms with E-state index in [1.54, 1.807) is 0 Å². The number of hydrogen-bond acceptors (Lipinski definition) is 0. The fourth-order valence-electron chi connectivity index (χ4n) is 3.90. The first-order chi connectivity index (χ1) is 13.6. The highest BCUT2D eigenvalue weighted by Crippen LogP contribution is 2.27. The van der Waals surface area contributed by atoms with Gasteiger partial charge in [-0.2, -0.15) is 0 Å². The molecule has 166 valence electrons. The van der Waals surface area contributed by atoms with E-state index in [2.05, 4.69) is 54.5 Å². The number of rotatable bonds is 16. The maximum absolute atomic E-state index is 6.08. The van der Waals surface area contributed by atoms with Crippen molar-refractivity contribution in [3.8, 4) is 12.3 Å². The monoisotopic (exact) mass is 551 g/mol. The maximum atomic E-state index is 6.08. The van der Waals surface area contributed by atoms with Gasteiger partial charge >= 0.3 is 0 Å². The minimum Gasteiger partial charge on any atom is -1.00 e. The third-order valence-electron chi connectivity index (χ3n) is 5.73. The minimum absolute atomic E-state index is 0. The SMILES string of the molecule is C#CC[N+](CCCCCCC)(CCCCCCC)C(I)Cc1ccc(Cl)cc1.[Cl-]. The van der Waals surface area contributed by atoms with Gasteiger partial charge in [-0.1, -0.05) is 76.1 Å². The fourth-order valence-corrected chi connectivity index (χ4v) is 5.29. The Hall–Kier alpha value is 0.0500. The van der Waals surface area contributed by atoms with Crippen LogP contribution in [0.25, 0.3) is 0 Å². The lowest BCUT2D eigenvalue weighted by molar-refractivity contribution is -0.927. The summed E-state index contributed by atoms with van der Waals surface area (Å²) in [6.07, 6.45) is 20.2. The molecule has 0 fully saturated rings. The third-order valence-corrected chi connectivity index (χ3v) is 7.61. The van der Waals surface area contributed by atoms with E-state index >= 15 is 0 Å². The molecule has 0 bridgehead atoms. The van der Waals surface area contributed by atoms with Crippen LogP contribution in [0.4, 0.5) is 0 Å². The smallest absolute Gasteiger partial charge is 0.144 e. The molecule has 1 nitrogen and oxygen atoms in total. The number of halogens is 3. The van der Waals surface area contributed by atoms with E-state index in [-0.39, 0.29) is 12.4 Å². The van der Waals surface area contributed by atoms with Gasteiger partial charge in [0.15, 0.2) is 0 Å². The zero-order chi connectivity index (χ0) is 20.7. The highest BCUT2D eigenvalue weighted by molar-refractivity contribution is 14.1. The zero-order valence-corrected chi connectivity index (χ0v) is 22.1. The molecule has 1 atom stereocenters. The molecular formula is C25H40Cl2IN. The summed E-state index contributed by atoms with van der Waals surface area (Å²) in [4.78, 5) is 0. The molecule has 1 aromatic rings. The maximum Gasteiger partial charge on any atom is 0.144 e. The molecule has 0 aliphatic rings. The van der Waals surface area contributed by atoms with Gasteiger partial charge < -0.3 is 16.9 Å². The number of unbranched alkanes of at least 4 members (excludes halogenated alkanes) is 8. The van der Waals surface area contributed by atoms with E-state index in [0.29, 0.717) is 4.05 Å². The van der Waals surface area contributed by atoms with Gasteiger partial charge in [-0.05, 0) is 71.9 Å². The third kappa shape index (κ3) is 11.9. The van der Waals surface area contributed by atoms with Crippen LogP contribution < -0.4 is 12.4 Å². The van der Waals surface area contributed by atoms with Gasteiger partial charge in [0.2, 0.25) is 0 Å². The summed E-state index contributed by atoms with van der Waals surface area (Å²) >= 11 is 8.75. The van der Waals surface area contributed by atoms with Crippen molar-refractivity contribution < 1.29 is 16.9 Å². The quantitative estimate of drug-likeness (QED) is 0.0674. The van der Waals surface area contributed by atoms with Gasteiger partial charge in [-0.25, -0.2) is 0 Å². The first-order valence-electron chi connectivity index (χ1n) is 11.3. The Kier molecular flexibility index (Phi) is 17.7. The minimum atomic E-state index is 0. The highest BCUT2D eigenvalue weighted by atomic mass is 127. The van der Waals surface area contributed by atoms with Crippen LogP contribution in [0.15, 0.2) is 24.3 Å². The number of terminal acetylenes is 1. The van der Waals surface area contributed by atoms with E-state index in [1.165, 1.54) is 82.9 Å². The van der Waals surface area contributed by atoms with Crippen molar-refractivity contribution in [2.45, 2.75) is 88.5 Å². The van der Waals surface area contributed by atoms with Crippen LogP contribution in [0.1, 0.15) is 83.6 Å². The van der Waals surface area contributed by atoms with Gasteiger partial charge in [-0.3, -0.25) is 0 Å². The standard InChI is InChI=1S/C25H40ClIN.ClH/c1-4-7-9-11-13-20-28(19-6-3,21-14-12-10-8-5-2)25(27)22-23-15-17-24(26)18-16-23;/h3,15-18,25H,4-5,7-14,19-22H2,1-2H3;1H/q+1;/p-1. The first-order valence-corrected chi connectivity index (χ1v) is 12.9. The van der Waals surface area contributed by atoms with E-state index in [9.17, 15) is 0 Å². The second kappa shape index (κ2) is 17.7. The van der Waals surface area contributed by atoms with Crippen LogP contribution in [0.5, 0.6) is 0 Å². The van der Waals surface area contributed by atoms with Gasteiger partial charge in [0, 0.05) is 11.4 Å². The number of alkyl halides is 1. The topological polar surface area (TPSA) is 0 Å². The van der Waals surface area contributed by atoms with Gasteiger partial charge in [0.05, 0.1) is 13.1 Å². The number of quaternary nitrogens is 1. The summed E-state index contributed by atoms with van der Waals surface area (Å²) in [5.41, 5.74) is 1.36. The molecule has 0 spiro atoms. The summed E-state index contributed by atoms with van der Waals surface area (Å²) in [6.45, 7) is 7.83. The van der Waals surface area contributed by atoms with Crippen LogP contribution in [0.2, 0.25) is 5.02 Å². The van der Waals surface area contributed by atoms with E-state index in [4.69, 9.17) is 18.0 Å². The van der Waals surface area contributed by atoms with Crippen LogP contribution in [-0.4, -0.2) is 28.2 Å². The molecule has 0 saturated carbocycles. The largest absolute Gasteiger partial charge is 1.00 e. The summed E-state index contributed by atoms with van der Waals surface area (Å²) < 4.78 is 1.57. The Morgan fingerprint density at radius 3 is 1.83 bits per heavy atom. The van der Waals surface area contributed by atoms with Crippen LogP contribution in [0, 0.1) is 12.3 Å². The Balaban J connectivity index is 0.00000784. The molecule has 0 N–H and O–H groups in total. The molecule has 0 aliphatic heterocycles. The lowest BCUT2D eigenvalue weighted by Gasteiger charge is -2.42. The Bertz CT molecular complexity index is 539. The number of benzene rings is 1. The average molecular weight is 552 g/mol. The zero-order valence-electron chi connectivity index (χ0n) is 18.4. The van der Waals surface area contributed by atoms with Gasteiger partial charge in [0.1, 0.15) is 10.6 Å². The molecular weight excluding hydrogens is 512 g/mol. The molecule has 0 aromatic heterocycles. The summed E-state index contributed by atoms with van der Waals surface area (Å²) in [5, 5.41) is 0.810. The lowest BCUT2D eigenvalue weighted by Crippen LogP contribution is -3.00. The van der Waals surface area contributed by atoms with Crippen molar-refractivity contribution >= 4 is 34.2 Å². The van der Waals surface area contributed by atoms with Crippen molar-refractivity contribution in [3.63, 3.8) is 0 Å². The summed E-state index contributed by atoms with van der Waals surface area (Å²) in [5.74, 6) is 3.03. The van der Waals surface area contributed by atoms with Gasteiger partial charge in [-0.15, -0.1) is 6.42 Å². The second-order valence-corrected chi connectivity index (χ2v) is 10.00. The summed E-state index contributed by atoms with van der Waals surface area (Å²) in [7, 11) is 0. The van der Waals surface area contributed by atoms with E-state index in [1.807, 2.05) is 12.1 Å². The van der Waals surface area contributed by atoms with Crippen molar-refractivity contribution in [1.82, 2.24) is 0 Å². The lowest BCUT2D eigenvalue weighted by atomic mass is 10.1. The van der Waals surface area contributed by atoms with Crippen molar-refractivity contribution in [3.05, 3.63) is 34.9 Å².